The molecule has 4 nitrogen and oxygen atoms in total. The summed E-state index contributed by atoms with van der Waals surface area (Å²) in [6.45, 7) is 8.87. The van der Waals surface area contributed by atoms with Crippen molar-refractivity contribution in [2.75, 3.05) is 26.4 Å². The molecule has 20 heteroatoms. The summed E-state index contributed by atoms with van der Waals surface area (Å²) >= 11 is 3.44. The molecule has 0 aliphatic rings. The van der Waals surface area contributed by atoms with Crippen molar-refractivity contribution in [3.8, 4) is 0 Å². The van der Waals surface area contributed by atoms with Crippen molar-refractivity contribution in [3.63, 3.8) is 0 Å². The maximum atomic E-state index is 9.87. The fourth-order valence-corrected chi connectivity index (χ4v) is 3.44. The zero-order chi connectivity index (χ0) is 27.0. The van der Waals surface area contributed by atoms with Gasteiger partial charge in [-0.05, 0) is 0 Å². The van der Waals surface area contributed by atoms with E-state index in [-0.39, 0.29) is 0 Å². The Bertz CT molecular complexity index is 801. The van der Waals surface area contributed by atoms with Crippen LogP contribution in [-0.2, 0) is 22.6 Å². The number of aryl methyl sites for hydroxylation is 2. The molecule has 0 radical (unpaired) electrons. The molecule has 34 heavy (non-hydrogen) atoms. The molecule has 0 saturated carbocycles. The second-order valence-electron chi connectivity index (χ2n) is 6.53. The molecule has 0 aliphatic heterocycles. The van der Waals surface area contributed by atoms with Crippen molar-refractivity contribution >= 4 is 38.3 Å². The van der Waals surface area contributed by atoms with Gasteiger partial charge in [-0.3, -0.25) is 0 Å². The van der Waals surface area contributed by atoms with Gasteiger partial charge in [-0.15, -0.1) is 0 Å². The molecule has 2 heterocycles. The van der Waals surface area contributed by atoms with Gasteiger partial charge in [0.2, 0.25) is 11.0 Å². The summed E-state index contributed by atoms with van der Waals surface area (Å²) < 4.78 is 134. The summed E-state index contributed by atoms with van der Waals surface area (Å²) in [4.78, 5) is 0. The number of rotatable bonds is 9. The molecule has 0 spiro atoms. The average molecular weight is 604 g/mol. The molecule has 0 aromatic carbocycles. The Hall–Kier alpha value is -0.800. The molecule has 0 unspecified atom stereocenters. The van der Waals surface area contributed by atoms with E-state index in [0.29, 0.717) is 13.2 Å². The van der Waals surface area contributed by atoms with E-state index in [0.717, 1.165) is 26.3 Å². The third kappa shape index (κ3) is 31.2. The fraction of sp³-hybridized carbons (Fsp3) is 0.571. The first-order valence-corrected chi connectivity index (χ1v) is 14.7. The van der Waals surface area contributed by atoms with E-state index in [4.69, 9.17) is 9.47 Å². The van der Waals surface area contributed by atoms with Crippen molar-refractivity contribution in [1.29, 1.82) is 0 Å². The molecule has 0 fully saturated rings. The van der Waals surface area contributed by atoms with Crippen LogP contribution >= 0.6 is 38.3 Å². The normalized spacial score (nSPS) is 16.1. The van der Waals surface area contributed by atoms with Gasteiger partial charge in [0.05, 0.1) is 24.0 Å². The quantitative estimate of drug-likeness (QED) is 0.124. The van der Waals surface area contributed by atoms with Crippen LogP contribution in [0.3, 0.4) is 0 Å². The van der Waals surface area contributed by atoms with Crippen LogP contribution in [0, 0.1) is 13.8 Å². The van der Waals surface area contributed by atoms with Crippen molar-refractivity contribution in [3.05, 3.63) is 33.2 Å². The molecule has 0 aliphatic carbocycles. The van der Waals surface area contributed by atoms with E-state index in [2.05, 4.69) is 44.8 Å². The van der Waals surface area contributed by atoms with Crippen LogP contribution in [0.4, 0.5) is 50.4 Å². The summed E-state index contributed by atoms with van der Waals surface area (Å²) in [5.41, 5.74) is 6.82. The first-order chi connectivity index (χ1) is 14.7. The van der Waals surface area contributed by atoms with E-state index in [1.807, 2.05) is 0 Å². The maximum absolute atomic E-state index is 10.7. The Morgan fingerprint density at radius 2 is 0.853 bits per heavy atom. The van der Waals surface area contributed by atoms with Gasteiger partial charge in [-0.2, -0.15) is 9.13 Å². The second kappa shape index (κ2) is 10.3. The van der Waals surface area contributed by atoms with Gasteiger partial charge in [0.15, 0.2) is 24.5 Å². The predicted molar refractivity (Wildman–Crippen MR) is 107 cm³/mol. The molecule has 2 rings (SSSR count). The molecule has 0 amide bonds. The summed E-state index contributed by atoms with van der Waals surface area (Å²) in [7, 11) is -21.3. The minimum absolute atomic E-state index is 0.664. The predicted octanol–water partition coefficient (Wildman–Crippen LogP) is 8.50. The number of nitrogens with zero attached hydrogens (tertiary/aromatic N) is 2. The monoisotopic (exact) mass is 604 g/mol. The third-order valence-electron chi connectivity index (χ3n) is 3.08. The van der Waals surface area contributed by atoms with Crippen molar-refractivity contribution < 1.29 is 69.0 Å². The second-order valence-corrected chi connectivity index (χ2v) is 11.8. The number of halogens is 12. The Labute approximate surface area is 194 Å². The van der Waals surface area contributed by atoms with Crippen LogP contribution in [0.1, 0.15) is 11.4 Å². The molecular weight excluding hydrogens is 582 g/mol. The Morgan fingerprint density at radius 1 is 0.588 bits per heavy atom. The molecule has 0 N–H and O–H groups in total. The molecule has 2 aromatic rings. The first kappa shape index (κ1) is 33.2. The minimum atomic E-state index is -10.7. The van der Waals surface area contributed by atoms with Gasteiger partial charge in [0.1, 0.15) is 13.2 Å². The van der Waals surface area contributed by atoms with E-state index in [9.17, 15) is 50.4 Å². The Kier molecular flexibility index (Phi) is 10.0. The summed E-state index contributed by atoms with van der Waals surface area (Å²) in [5, 5.41) is 4.29. The number of hydrogen-bond donors (Lipinski definition) is 0. The van der Waals surface area contributed by atoms with Gasteiger partial charge < -0.3 is 9.47 Å². The zero-order valence-corrected chi connectivity index (χ0v) is 20.9. The SMILES string of the molecule is Cc1csc[n+]1CCOCCOCC[n+]1cscc1C.F[P-](F)(F)(F)(F)F.F[P-](F)(F)(F)(F)F. The van der Waals surface area contributed by atoms with Gasteiger partial charge in [0, 0.05) is 13.8 Å². The fourth-order valence-electron chi connectivity index (χ4n) is 1.81. The van der Waals surface area contributed by atoms with Crippen molar-refractivity contribution in [2.24, 2.45) is 0 Å². The zero-order valence-electron chi connectivity index (χ0n) is 17.5. The van der Waals surface area contributed by atoms with Gasteiger partial charge in [-0.25, -0.2) is 0 Å². The van der Waals surface area contributed by atoms with Crippen LogP contribution < -0.4 is 9.13 Å². The number of hydrogen-bond acceptors (Lipinski definition) is 4. The standard InChI is InChI=1S/C14H22N2O2S2.2F6P/c1-13-9-19-11-15(13)3-5-17-7-8-18-6-4-16-12-20-10-14(16)2;2*1-7(2,3,4,5)6/h9-12H,3-8H2,1-2H3;;/q+2;2*-1. The summed E-state index contributed by atoms with van der Waals surface area (Å²) in [6, 6.07) is 0. The van der Waals surface area contributed by atoms with Gasteiger partial charge in [-0.1, -0.05) is 22.7 Å². The average Bonchev–Trinajstić information content (AvgIpc) is 3.12. The van der Waals surface area contributed by atoms with E-state index < -0.39 is 15.6 Å². The molecule has 2 aromatic heterocycles. The van der Waals surface area contributed by atoms with Crippen LogP contribution in [-0.4, -0.2) is 26.4 Å². The molecule has 0 bridgehead atoms. The topological polar surface area (TPSA) is 26.2 Å². The Morgan fingerprint density at radius 3 is 1.06 bits per heavy atom. The number of thiazole rings is 2. The van der Waals surface area contributed by atoms with Gasteiger partial charge in [0.25, 0.3) is 0 Å². The van der Waals surface area contributed by atoms with Crippen LogP contribution in [0.25, 0.3) is 0 Å². The van der Waals surface area contributed by atoms with E-state index in [1.54, 1.807) is 22.7 Å². The molecular formula is C14H22F12N2O2P2S2. The van der Waals surface area contributed by atoms with Crippen molar-refractivity contribution in [1.82, 2.24) is 0 Å². The Balaban J connectivity index is 0.000000642. The van der Waals surface area contributed by atoms with Crippen LogP contribution in [0.2, 0.25) is 0 Å². The molecule has 206 valence electrons. The van der Waals surface area contributed by atoms with E-state index >= 15 is 0 Å². The summed E-state index contributed by atoms with van der Waals surface area (Å²) in [6.07, 6.45) is 0. The van der Waals surface area contributed by atoms with Crippen molar-refractivity contribution in [2.45, 2.75) is 26.9 Å². The number of aromatic nitrogens is 2. The summed E-state index contributed by atoms with van der Waals surface area (Å²) in [5.74, 6) is 0. The first-order valence-electron chi connectivity index (χ1n) is 8.80. The van der Waals surface area contributed by atoms with E-state index in [1.165, 1.54) is 11.4 Å². The molecule has 0 saturated heterocycles. The number of ether oxygens (including phenoxy) is 2. The van der Waals surface area contributed by atoms with Gasteiger partial charge >= 0.3 is 66.0 Å². The third-order valence-corrected chi connectivity index (χ3v) is 4.79. The van der Waals surface area contributed by atoms with Crippen LogP contribution in [0.15, 0.2) is 21.8 Å². The molecule has 0 atom stereocenters. The van der Waals surface area contributed by atoms with Crippen LogP contribution in [0.5, 0.6) is 0 Å².